The van der Waals surface area contributed by atoms with Crippen molar-refractivity contribution < 1.29 is 18.7 Å². The highest BCUT2D eigenvalue weighted by Crippen LogP contribution is 2.18. The van der Waals surface area contributed by atoms with Gasteiger partial charge >= 0.3 is 0 Å². The number of hydrogen-bond donors (Lipinski definition) is 3. The summed E-state index contributed by atoms with van der Waals surface area (Å²) in [7, 11) is 0. The Morgan fingerprint density at radius 1 is 1.28 bits per heavy atom. The van der Waals surface area contributed by atoms with Gasteiger partial charge in [0.05, 0.1) is 6.26 Å². The molecule has 25 heavy (non-hydrogen) atoms. The second-order valence-corrected chi connectivity index (χ2v) is 5.85. The van der Waals surface area contributed by atoms with Gasteiger partial charge in [-0.3, -0.25) is 9.59 Å². The Labute approximate surface area is 145 Å². The van der Waals surface area contributed by atoms with Gasteiger partial charge in [-0.25, -0.2) is 0 Å². The number of carbonyl (C=O) groups excluding carboxylic acids is 2. The van der Waals surface area contributed by atoms with Gasteiger partial charge in [-0.1, -0.05) is 6.07 Å². The average molecular weight is 343 g/mol. The molecule has 7 nitrogen and oxygen atoms in total. The molecule has 0 saturated carbocycles. The molecule has 3 N–H and O–H groups in total. The van der Waals surface area contributed by atoms with E-state index in [2.05, 4.69) is 16.0 Å². The lowest BCUT2D eigenvalue weighted by Crippen LogP contribution is -2.39. The van der Waals surface area contributed by atoms with Crippen LogP contribution in [0.4, 0.5) is 5.69 Å². The molecule has 1 saturated heterocycles. The minimum atomic E-state index is -0.344. The molecule has 1 atom stereocenters. The van der Waals surface area contributed by atoms with E-state index in [4.69, 9.17) is 9.15 Å². The molecule has 0 aliphatic carbocycles. The summed E-state index contributed by atoms with van der Waals surface area (Å²) >= 11 is 0. The van der Waals surface area contributed by atoms with E-state index in [1.165, 1.54) is 6.26 Å². The van der Waals surface area contributed by atoms with Gasteiger partial charge in [-0.15, -0.1) is 0 Å². The zero-order valence-corrected chi connectivity index (χ0v) is 13.8. The van der Waals surface area contributed by atoms with Crippen LogP contribution in [0.5, 0.6) is 5.75 Å². The standard InChI is InChI=1S/C18H21N3O4/c22-17(20-11-14-5-2-8-19-14)12-25-15-6-1-4-13(10-15)21-18(23)16-7-3-9-24-16/h1,3-4,6-7,9-10,14,19H,2,5,8,11-12H2,(H,20,22)(H,21,23). The number of carbonyl (C=O) groups is 2. The molecule has 0 spiro atoms. The number of rotatable bonds is 7. The van der Waals surface area contributed by atoms with Gasteiger partial charge in [0.1, 0.15) is 5.75 Å². The third kappa shape index (κ3) is 5.09. The number of anilines is 1. The third-order valence-electron chi connectivity index (χ3n) is 3.91. The van der Waals surface area contributed by atoms with E-state index < -0.39 is 0 Å². The smallest absolute Gasteiger partial charge is 0.291 e. The lowest BCUT2D eigenvalue weighted by Gasteiger charge is -2.12. The monoisotopic (exact) mass is 343 g/mol. The summed E-state index contributed by atoms with van der Waals surface area (Å²) in [6.07, 6.45) is 3.67. The third-order valence-corrected chi connectivity index (χ3v) is 3.91. The second kappa shape index (κ2) is 8.34. The Kier molecular flexibility index (Phi) is 5.69. The Bertz CT molecular complexity index is 709. The fourth-order valence-electron chi connectivity index (χ4n) is 2.63. The minimum absolute atomic E-state index is 0.0672. The summed E-state index contributed by atoms with van der Waals surface area (Å²) in [6, 6.07) is 10.4. The molecule has 2 aromatic rings. The number of benzene rings is 1. The zero-order chi connectivity index (χ0) is 17.5. The summed E-state index contributed by atoms with van der Waals surface area (Å²) < 4.78 is 10.5. The van der Waals surface area contributed by atoms with Gasteiger partial charge in [-0.05, 0) is 43.7 Å². The van der Waals surface area contributed by atoms with Gasteiger partial charge in [0.2, 0.25) is 0 Å². The van der Waals surface area contributed by atoms with Crippen LogP contribution in [-0.2, 0) is 4.79 Å². The van der Waals surface area contributed by atoms with Crippen molar-refractivity contribution in [1.82, 2.24) is 10.6 Å². The molecule has 2 amide bonds. The first-order valence-electron chi connectivity index (χ1n) is 8.28. The highest BCUT2D eigenvalue weighted by Gasteiger charge is 2.15. The maximum atomic E-state index is 11.9. The van der Waals surface area contributed by atoms with E-state index >= 15 is 0 Å². The normalized spacial score (nSPS) is 16.4. The van der Waals surface area contributed by atoms with Crippen molar-refractivity contribution in [2.75, 3.05) is 25.0 Å². The largest absolute Gasteiger partial charge is 0.484 e. The van der Waals surface area contributed by atoms with Gasteiger partial charge in [0, 0.05) is 24.3 Å². The van der Waals surface area contributed by atoms with Crippen LogP contribution in [0, 0.1) is 0 Å². The van der Waals surface area contributed by atoms with E-state index in [-0.39, 0.29) is 24.2 Å². The lowest BCUT2D eigenvalue weighted by molar-refractivity contribution is -0.123. The number of nitrogens with one attached hydrogen (secondary N) is 3. The molecule has 1 aliphatic heterocycles. The molecule has 0 bridgehead atoms. The van der Waals surface area contributed by atoms with Crippen LogP contribution in [0.3, 0.4) is 0 Å². The molecular weight excluding hydrogens is 322 g/mol. The summed E-state index contributed by atoms with van der Waals surface area (Å²) in [5.74, 6) is 0.222. The Hall–Kier alpha value is -2.80. The topological polar surface area (TPSA) is 92.6 Å². The molecule has 132 valence electrons. The van der Waals surface area contributed by atoms with Crippen LogP contribution in [0.15, 0.2) is 47.1 Å². The van der Waals surface area contributed by atoms with Crippen molar-refractivity contribution in [3.8, 4) is 5.75 Å². The van der Waals surface area contributed by atoms with Crippen molar-refractivity contribution in [3.63, 3.8) is 0 Å². The molecule has 1 aliphatic rings. The minimum Gasteiger partial charge on any atom is -0.484 e. The van der Waals surface area contributed by atoms with Crippen molar-refractivity contribution in [3.05, 3.63) is 48.4 Å². The maximum absolute atomic E-state index is 11.9. The number of amides is 2. The van der Waals surface area contributed by atoms with E-state index in [0.29, 0.717) is 24.0 Å². The van der Waals surface area contributed by atoms with Crippen molar-refractivity contribution in [2.45, 2.75) is 18.9 Å². The molecule has 7 heteroatoms. The summed E-state index contributed by atoms with van der Waals surface area (Å²) in [4.78, 5) is 23.8. The van der Waals surface area contributed by atoms with Gasteiger partial charge in [-0.2, -0.15) is 0 Å². The van der Waals surface area contributed by atoms with Gasteiger partial charge in [0.15, 0.2) is 12.4 Å². The highest BCUT2D eigenvalue weighted by atomic mass is 16.5. The predicted octanol–water partition coefficient (Wildman–Crippen LogP) is 1.78. The summed E-state index contributed by atoms with van der Waals surface area (Å²) in [5.41, 5.74) is 0.564. The Morgan fingerprint density at radius 3 is 2.96 bits per heavy atom. The van der Waals surface area contributed by atoms with Crippen LogP contribution in [0.1, 0.15) is 23.4 Å². The first-order valence-corrected chi connectivity index (χ1v) is 8.28. The van der Waals surface area contributed by atoms with Crippen LogP contribution in [0.25, 0.3) is 0 Å². The van der Waals surface area contributed by atoms with E-state index in [0.717, 1.165) is 19.4 Å². The fraction of sp³-hybridized carbons (Fsp3) is 0.333. The van der Waals surface area contributed by atoms with Crippen LogP contribution in [0.2, 0.25) is 0 Å². The molecule has 1 unspecified atom stereocenters. The van der Waals surface area contributed by atoms with Crippen molar-refractivity contribution in [2.24, 2.45) is 0 Å². The summed E-state index contributed by atoms with van der Waals surface area (Å²) in [6.45, 7) is 1.55. The SMILES string of the molecule is O=C(COc1cccc(NC(=O)c2ccco2)c1)NCC1CCCN1. The Morgan fingerprint density at radius 2 is 2.20 bits per heavy atom. The van der Waals surface area contributed by atoms with E-state index in [1.807, 2.05) is 0 Å². The second-order valence-electron chi connectivity index (χ2n) is 5.85. The number of ether oxygens (including phenoxy) is 1. The van der Waals surface area contributed by atoms with Crippen LogP contribution in [-0.4, -0.2) is 37.6 Å². The fourth-order valence-corrected chi connectivity index (χ4v) is 2.63. The molecule has 1 aromatic heterocycles. The van der Waals surface area contributed by atoms with E-state index in [9.17, 15) is 9.59 Å². The van der Waals surface area contributed by atoms with Crippen LogP contribution >= 0.6 is 0 Å². The van der Waals surface area contributed by atoms with E-state index in [1.54, 1.807) is 36.4 Å². The molecule has 3 rings (SSSR count). The molecule has 2 heterocycles. The quantitative estimate of drug-likeness (QED) is 0.713. The van der Waals surface area contributed by atoms with Crippen molar-refractivity contribution >= 4 is 17.5 Å². The number of furan rings is 1. The van der Waals surface area contributed by atoms with Gasteiger partial charge in [0.25, 0.3) is 11.8 Å². The lowest BCUT2D eigenvalue weighted by atomic mass is 10.2. The average Bonchev–Trinajstić information content (AvgIpc) is 3.32. The first-order chi connectivity index (χ1) is 12.2. The summed E-state index contributed by atoms with van der Waals surface area (Å²) in [5, 5.41) is 8.88. The molecule has 0 radical (unpaired) electrons. The molecule has 1 aromatic carbocycles. The zero-order valence-electron chi connectivity index (χ0n) is 13.8. The molecular formula is C18H21N3O4. The first kappa shape index (κ1) is 17.0. The number of hydrogen-bond acceptors (Lipinski definition) is 5. The van der Waals surface area contributed by atoms with Crippen LogP contribution < -0.4 is 20.7 Å². The predicted molar refractivity (Wildman–Crippen MR) is 92.6 cm³/mol. The molecule has 1 fully saturated rings. The Balaban J connectivity index is 1.46. The maximum Gasteiger partial charge on any atom is 0.291 e. The van der Waals surface area contributed by atoms with Gasteiger partial charge < -0.3 is 25.1 Å². The highest BCUT2D eigenvalue weighted by molar-refractivity contribution is 6.02. The van der Waals surface area contributed by atoms with Crippen molar-refractivity contribution in [1.29, 1.82) is 0 Å².